The zero-order chi connectivity index (χ0) is 23.5. The minimum absolute atomic E-state index is 0. The van der Waals surface area contributed by atoms with Crippen LogP contribution in [0.4, 0.5) is 5.95 Å². The van der Waals surface area contributed by atoms with Gasteiger partial charge in [0.1, 0.15) is 5.69 Å². The molecular formula is C25H34Cl4N6OS. The van der Waals surface area contributed by atoms with Crippen LogP contribution in [0.25, 0.3) is 20.7 Å². The van der Waals surface area contributed by atoms with Crippen molar-refractivity contribution in [1.82, 2.24) is 25.1 Å². The molecule has 2 fully saturated rings. The Balaban J connectivity index is 0.00000160. The van der Waals surface area contributed by atoms with Crippen molar-refractivity contribution < 1.29 is 4.79 Å². The van der Waals surface area contributed by atoms with Crippen LogP contribution in [-0.4, -0.2) is 78.0 Å². The molecule has 0 spiro atoms. The van der Waals surface area contributed by atoms with Crippen molar-refractivity contribution in [1.29, 1.82) is 0 Å². The highest BCUT2D eigenvalue weighted by atomic mass is 35.5. The second-order valence-electron chi connectivity index (χ2n) is 9.24. The maximum absolute atomic E-state index is 12.7. The predicted molar refractivity (Wildman–Crippen MR) is 162 cm³/mol. The van der Waals surface area contributed by atoms with E-state index < -0.39 is 0 Å². The summed E-state index contributed by atoms with van der Waals surface area (Å²) in [7, 11) is 2.20. The van der Waals surface area contributed by atoms with Gasteiger partial charge in [0.05, 0.1) is 16.1 Å². The first-order chi connectivity index (χ1) is 16.6. The largest absolute Gasteiger partial charge is 0.354 e. The smallest absolute Gasteiger partial charge is 0.252 e. The van der Waals surface area contributed by atoms with E-state index in [0.29, 0.717) is 28.3 Å². The number of amides is 1. The number of carbonyl (C=O) groups is 1. The van der Waals surface area contributed by atoms with E-state index in [0.717, 1.165) is 60.4 Å². The first-order valence-electron chi connectivity index (χ1n) is 12.1. The molecule has 1 amide bonds. The van der Waals surface area contributed by atoms with Gasteiger partial charge in [-0.3, -0.25) is 4.79 Å². The fourth-order valence-electron chi connectivity index (χ4n) is 4.32. The number of nitrogens with zero attached hydrogens (tertiary/aromatic N) is 4. The van der Waals surface area contributed by atoms with Crippen molar-refractivity contribution in [2.75, 3.05) is 51.6 Å². The lowest BCUT2D eigenvalue weighted by atomic mass is 10.1. The van der Waals surface area contributed by atoms with Crippen LogP contribution in [-0.2, 0) is 0 Å². The van der Waals surface area contributed by atoms with E-state index in [1.54, 1.807) is 17.5 Å². The number of fused-ring (bicyclic) bond motifs is 1. The molecule has 0 radical (unpaired) electrons. The van der Waals surface area contributed by atoms with Gasteiger partial charge in [-0.2, -0.15) is 0 Å². The summed E-state index contributed by atoms with van der Waals surface area (Å²) in [6.45, 7) is 6.49. The normalized spacial score (nSPS) is 16.2. The third-order valence-electron chi connectivity index (χ3n) is 6.44. The van der Waals surface area contributed by atoms with Crippen LogP contribution in [0.15, 0.2) is 30.5 Å². The maximum Gasteiger partial charge on any atom is 0.252 e. The zero-order valence-corrected chi connectivity index (χ0v) is 24.8. The lowest BCUT2D eigenvalue weighted by molar-refractivity contribution is 0.0952. The summed E-state index contributed by atoms with van der Waals surface area (Å²) in [6, 6.07) is 8.20. The molecule has 0 atom stereocenters. The van der Waals surface area contributed by atoms with Crippen molar-refractivity contribution in [3.63, 3.8) is 0 Å². The van der Waals surface area contributed by atoms with Gasteiger partial charge in [0, 0.05) is 41.3 Å². The minimum atomic E-state index is -0.00959. The zero-order valence-electron chi connectivity index (χ0n) is 20.7. The van der Waals surface area contributed by atoms with E-state index in [2.05, 4.69) is 32.5 Å². The number of carbonyl (C=O) groups excluding carboxylic acids is 1. The topological polar surface area (TPSA) is 73.4 Å². The van der Waals surface area contributed by atoms with Crippen LogP contribution in [0, 0.1) is 0 Å². The second-order valence-corrected chi connectivity index (χ2v) is 10.7. The molecule has 1 aliphatic heterocycles. The van der Waals surface area contributed by atoms with Crippen molar-refractivity contribution in [3.05, 3.63) is 41.0 Å². The molecule has 1 saturated carbocycles. The van der Waals surface area contributed by atoms with Gasteiger partial charge in [-0.1, -0.05) is 17.7 Å². The molecule has 1 aliphatic carbocycles. The molecule has 204 valence electrons. The standard InChI is InChI=1S/C25H31ClN6OS.3ClH/c1-31-10-4-12-32(14-13-31)11-3-9-27-25-28-16-20(26)23(30-25)22-15-19-18(5-2-6-21(19)34-22)24(33)29-17-7-8-17;;;/h2,5-6,15-17H,3-4,7-14H2,1H3,(H,29,33)(H,27,28,30);3*1H. The Morgan fingerprint density at radius 3 is 2.76 bits per heavy atom. The lowest BCUT2D eigenvalue weighted by Crippen LogP contribution is -2.30. The van der Waals surface area contributed by atoms with Gasteiger partial charge in [-0.05, 0) is 70.6 Å². The fraction of sp³-hybridized carbons (Fsp3) is 0.480. The molecule has 37 heavy (non-hydrogen) atoms. The van der Waals surface area contributed by atoms with Gasteiger partial charge in [-0.25, -0.2) is 9.97 Å². The Morgan fingerprint density at radius 2 is 1.97 bits per heavy atom. The number of benzene rings is 1. The van der Waals surface area contributed by atoms with Gasteiger partial charge in [0.15, 0.2) is 0 Å². The lowest BCUT2D eigenvalue weighted by Gasteiger charge is -2.19. The first-order valence-corrected chi connectivity index (χ1v) is 13.3. The van der Waals surface area contributed by atoms with E-state index >= 15 is 0 Å². The SMILES string of the molecule is CN1CCCN(CCCNc2ncc(Cl)c(-c3cc4c(C(=O)NC5CC5)cccc4s3)n2)CC1.Cl.Cl.Cl. The number of aromatic nitrogens is 2. The summed E-state index contributed by atoms with van der Waals surface area (Å²) >= 11 is 8.09. The fourth-order valence-corrected chi connectivity index (χ4v) is 5.66. The van der Waals surface area contributed by atoms with Gasteiger partial charge < -0.3 is 20.4 Å². The quantitative estimate of drug-likeness (QED) is 0.324. The number of hydrogen-bond donors (Lipinski definition) is 2. The molecule has 3 heterocycles. The summed E-state index contributed by atoms with van der Waals surface area (Å²) in [5.41, 5.74) is 1.40. The van der Waals surface area contributed by atoms with Crippen LogP contribution in [0.5, 0.6) is 0 Å². The highest BCUT2D eigenvalue weighted by molar-refractivity contribution is 7.22. The Bertz CT molecular complexity index is 1180. The molecule has 2 aliphatic rings. The van der Waals surface area contributed by atoms with Gasteiger partial charge in [0.2, 0.25) is 5.95 Å². The van der Waals surface area contributed by atoms with Crippen LogP contribution in [0.1, 0.15) is 36.0 Å². The van der Waals surface area contributed by atoms with Crippen LogP contribution in [0.2, 0.25) is 5.02 Å². The number of hydrogen-bond acceptors (Lipinski definition) is 7. The molecule has 5 rings (SSSR count). The average Bonchev–Trinajstić information content (AvgIpc) is 3.58. The van der Waals surface area contributed by atoms with E-state index in [1.807, 2.05) is 24.3 Å². The minimum Gasteiger partial charge on any atom is -0.354 e. The Hall–Kier alpha value is -1.39. The maximum atomic E-state index is 12.7. The molecule has 2 N–H and O–H groups in total. The second kappa shape index (κ2) is 14.7. The monoisotopic (exact) mass is 606 g/mol. The number of nitrogens with one attached hydrogen (secondary N) is 2. The molecule has 2 aromatic heterocycles. The molecular weight excluding hydrogens is 574 g/mol. The summed E-state index contributed by atoms with van der Waals surface area (Å²) < 4.78 is 1.05. The molecule has 3 aromatic rings. The summed E-state index contributed by atoms with van der Waals surface area (Å²) in [5.74, 6) is 0.573. The van der Waals surface area contributed by atoms with Crippen molar-refractivity contribution in [2.24, 2.45) is 0 Å². The number of halogens is 4. The molecule has 1 saturated heterocycles. The molecule has 1 aromatic carbocycles. The molecule has 0 bridgehead atoms. The molecule has 12 heteroatoms. The Labute approximate surface area is 246 Å². The average molecular weight is 608 g/mol. The number of thiophene rings is 1. The van der Waals surface area contributed by atoms with Crippen molar-refractivity contribution in [2.45, 2.75) is 31.7 Å². The highest BCUT2D eigenvalue weighted by Crippen LogP contribution is 2.37. The number of anilines is 1. The third-order valence-corrected chi connectivity index (χ3v) is 7.83. The van der Waals surface area contributed by atoms with Crippen molar-refractivity contribution in [3.8, 4) is 10.6 Å². The number of likely N-dealkylation sites (N-methyl/N-ethyl adjacent to an activating group) is 1. The Morgan fingerprint density at radius 1 is 1.16 bits per heavy atom. The molecule has 7 nitrogen and oxygen atoms in total. The number of rotatable bonds is 8. The van der Waals surface area contributed by atoms with Crippen LogP contribution >= 0.6 is 60.2 Å². The van der Waals surface area contributed by atoms with Gasteiger partial charge in [0.25, 0.3) is 5.91 Å². The van der Waals surface area contributed by atoms with Crippen molar-refractivity contribution >= 4 is 82.1 Å². The summed E-state index contributed by atoms with van der Waals surface area (Å²) in [4.78, 5) is 27.7. The summed E-state index contributed by atoms with van der Waals surface area (Å²) in [6.07, 6.45) is 6.05. The van der Waals surface area contributed by atoms with Crippen LogP contribution < -0.4 is 10.6 Å². The Kier molecular flexibility index (Phi) is 12.6. The van der Waals surface area contributed by atoms with Gasteiger partial charge in [-0.15, -0.1) is 48.6 Å². The van der Waals surface area contributed by atoms with E-state index in [9.17, 15) is 4.79 Å². The first kappa shape index (κ1) is 31.8. The van der Waals surface area contributed by atoms with E-state index in [-0.39, 0.29) is 43.1 Å². The summed E-state index contributed by atoms with van der Waals surface area (Å²) in [5, 5.41) is 7.90. The van der Waals surface area contributed by atoms with E-state index in [1.165, 1.54) is 19.5 Å². The predicted octanol–water partition coefficient (Wildman–Crippen LogP) is 5.61. The van der Waals surface area contributed by atoms with E-state index in [4.69, 9.17) is 16.6 Å². The van der Waals surface area contributed by atoms with Gasteiger partial charge >= 0.3 is 0 Å². The molecule has 0 unspecified atom stereocenters. The van der Waals surface area contributed by atoms with Crippen LogP contribution in [0.3, 0.4) is 0 Å². The third kappa shape index (κ3) is 8.30. The highest BCUT2D eigenvalue weighted by Gasteiger charge is 2.25.